The Labute approximate surface area is 83.0 Å². The second-order valence-corrected chi connectivity index (χ2v) is 2.17. The fourth-order valence-electron chi connectivity index (χ4n) is 0.825. The molecule has 4 nitrogen and oxygen atoms in total. The van der Waals surface area contributed by atoms with Gasteiger partial charge < -0.3 is 9.40 Å². The van der Waals surface area contributed by atoms with Crippen LogP contribution in [0.15, 0.2) is 23.3 Å². The normalized spacial score (nSPS) is 9.42. The van der Waals surface area contributed by atoms with Gasteiger partial charge in [-0.2, -0.15) is 0 Å². The monoisotopic (exact) mass is 341 g/mol. The quantitative estimate of drug-likeness (QED) is 0.724. The number of nitrogens with zero attached hydrogens (tertiary/aromatic N) is 3. The first kappa shape index (κ1) is 9.16. The van der Waals surface area contributed by atoms with Crippen LogP contribution in [0.4, 0.5) is 0 Å². The molecule has 0 N–H and O–H groups in total. The third kappa shape index (κ3) is 1.62. The Hall–Kier alpha value is -0.931. The Morgan fingerprint density at radius 2 is 2.42 bits per heavy atom. The van der Waals surface area contributed by atoms with Crippen LogP contribution in [0, 0.1) is 6.07 Å². The Balaban J connectivity index is 0.000000720. The van der Waals surface area contributed by atoms with Crippen LogP contribution in [0.2, 0.25) is 0 Å². The molecule has 0 saturated carbocycles. The van der Waals surface area contributed by atoms with E-state index in [-0.39, 0.29) is 20.1 Å². The summed E-state index contributed by atoms with van der Waals surface area (Å²) in [5.74, 6) is 0. The summed E-state index contributed by atoms with van der Waals surface area (Å²) in [5.41, 5.74) is 1.42. The van der Waals surface area contributed by atoms with Crippen molar-refractivity contribution in [1.82, 2.24) is 14.8 Å². The molecule has 12 heavy (non-hydrogen) atoms. The molecule has 1 radical (unpaired) electrons. The smallest absolute Gasteiger partial charge is 0.160 e. The molecule has 5 heteroatoms. The molecule has 0 amide bonds. The average molecular weight is 340 g/mol. The van der Waals surface area contributed by atoms with E-state index < -0.39 is 0 Å². The van der Waals surface area contributed by atoms with E-state index in [1.165, 1.54) is 6.39 Å². The van der Waals surface area contributed by atoms with Gasteiger partial charge in [-0.15, -0.1) is 0 Å². The Morgan fingerprint density at radius 1 is 1.58 bits per heavy atom. The largest absolute Gasteiger partial charge is 0.472 e. The molecule has 2 aromatic heterocycles. The number of oxazole rings is 1. The summed E-state index contributed by atoms with van der Waals surface area (Å²) >= 11 is 0. The van der Waals surface area contributed by atoms with E-state index in [2.05, 4.69) is 16.1 Å². The van der Waals surface area contributed by atoms with E-state index in [4.69, 9.17) is 4.42 Å². The zero-order chi connectivity index (χ0) is 7.68. The molecule has 2 rings (SSSR count). The van der Waals surface area contributed by atoms with Crippen molar-refractivity contribution in [2.45, 2.75) is 0 Å². The first-order valence-corrected chi connectivity index (χ1v) is 3.16. The zero-order valence-corrected chi connectivity index (χ0v) is 8.71. The molecule has 0 atom stereocenters. The molecule has 0 fully saturated rings. The van der Waals surface area contributed by atoms with Crippen molar-refractivity contribution >= 4 is 0 Å². The van der Waals surface area contributed by atoms with E-state index in [1.807, 2.05) is 7.05 Å². The van der Waals surface area contributed by atoms with Crippen LogP contribution >= 0.6 is 0 Å². The molecular formula is C7H6IrN3O-. The summed E-state index contributed by atoms with van der Waals surface area (Å²) in [6.45, 7) is 0. The van der Waals surface area contributed by atoms with E-state index in [9.17, 15) is 0 Å². The van der Waals surface area contributed by atoms with Crippen LogP contribution < -0.4 is 0 Å². The van der Waals surface area contributed by atoms with Crippen LogP contribution in [0.25, 0.3) is 11.4 Å². The summed E-state index contributed by atoms with van der Waals surface area (Å²) in [7, 11) is 1.83. The van der Waals surface area contributed by atoms with Crippen LogP contribution in [0.5, 0.6) is 0 Å². The Morgan fingerprint density at radius 3 is 2.92 bits per heavy atom. The molecule has 0 aliphatic rings. The van der Waals surface area contributed by atoms with Crippen LogP contribution in [-0.2, 0) is 27.2 Å². The van der Waals surface area contributed by atoms with Crippen LogP contribution in [-0.4, -0.2) is 14.8 Å². The second-order valence-electron chi connectivity index (χ2n) is 2.17. The molecule has 0 unspecified atom stereocenters. The second kappa shape index (κ2) is 3.65. The standard InChI is InChI=1S/C7H6N3O.Ir/c1-10-3-2-6(9-10)7-4-11-5-8-7;/h3-5H,1H3;/q-1;. The van der Waals surface area contributed by atoms with Crippen molar-refractivity contribution < 1.29 is 24.5 Å². The average Bonchev–Trinajstić information content (AvgIpc) is 2.55. The topological polar surface area (TPSA) is 43.9 Å². The van der Waals surface area contributed by atoms with Gasteiger partial charge >= 0.3 is 0 Å². The minimum Gasteiger partial charge on any atom is -0.472 e. The molecule has 0 aliphatic carbocycles. The fraction of sp³-hybridized carbons (Fsp3) is 0.143. The van der Waals surface area contributed by atoms with Gasteiger partial charge in [0, 0.05) is 33.4 Å². The predicted octanol–water partition coefficient (Wildman–Crippen LogP) is 0.873. The van der Waals surface area contributed by atoms with Gasteiger partial charge in [-0.25, -0.2) is 11.2 Å². The van der Waals surface area contributed by atoms with Crippen molar-refractivity contribution in [1.29, 1.82) is 0 Å². The summed E-state index contributed by atoms with van der Waals surface area (Å²) in [4.78, 5) is 3.93. The van der Waals surface area contributed by atoms with E-state index in [0.29, 0.717) is 11.4 Å². The molecule has 0 spiro atoms. The molecule has 0 aromatic carbocycles. The van der Waals surface area contributed by atoms with Crippen molar-refractivity contribution in [3.63, 3.8) is 0 Å². The van der Waals surface area contributed by atoms with Crippen molar-refractivity contribution in [2.75, 3.05) is 0 Å². The predicted molar refractivity (Wildman–Crippen MR) is 37.5 cm³/mol. The molecular weight excluding hydrogens is 334 g/mol. The SMILES string of the molecule is Cn1c[c-]c(-c2cocn2)n1.[Ir]. The van der Waals surface area contributed by atoms with Crippen molar-refractivity contribution in [3.05, 3.63) is 24.9 Å². The summed E-state index contributed by atoms with van der Waals surface area (Å²) < 4.78 is 6.47. The van der Waals surface area contributed by atoms with Gasteiger partial charge in [-0.3, -0.25) is 4.68 Å². The first-order valence-electron chi connectivity index (χ1n) is 3.16. The minimum absolute atomic E-state index is 0. The number of aromatic nitrogens is 3. The Kier molecular flexibility index (Phi) is 2.78. The number of hydrogen-bond acceptors (Lipinski definition) is 3. The Bertz CT molecular complexity index is 341. The van der Waals surface area contributed by atoms with E-state index >= 15 is 0 Å². The molecule has 0 bridgehead atoms. The van der Waals surface area contributed by atoms with Gasteiger partial charge in [0.05, 0.1) is 0 Å². The molecule has 2 heterocycles. The van der Waals surface area contributed by atoms with Gasteiger partial charge in [0.2, 0.25) is 0 Å². The van der Waals surface area contributed by atoms with E-state index in [0.717, 1.165) is 0 Å². The fourth-order valence-corrected chi connectivity index (χ4v) is 0.825. The first-order chi connectivity index (χ1) is 5.36. The zero-order valence-electron chi connectivity index (χ0n) is 6.32. The summed E-state index contributed by atoms with van der Waals surface area (Å²) in [5, 5.41) is 4.09. The van der Waals surface area contributed by atoms with Gasteiger partial charge in [-0.05, 0) is 5.69 Å². The third-order valence-corrected chi connectivity index (χ3v) is 1.32. The van der Waals surface area contributed by atoms with Gasteiger partial charge in [0.15, 0.2) is 6.39 Å². The maximum absolute atomic E-state index is 4.80. The van der Waals surface area contributed by atoms with Gasteiger partial charge in [-0.1, -0.05) is 11.9 Å². The maximum Gasteiger partial charge on any atom is 0.160 e. The van der Waals surface area contributed by atoms with Crippen LogP contribution in [0.1, 0.15) is 0 Å². The summed E-state index contributed by atoms with van der Waals surface area (Å²) in [6, 6.07) is 2.94. The van der Waals surface area contributed by atoms with Crippen molar-refractivity contribution in [2.24, 2.45) is 7.05 Å². The number of hydrogen-bond donors (Lipinski definition) is 0. The number of aryl methyl sites for hydroxylation is 1. The summed E-state index contributed by atoms with van der Waals surface area (Å²) in [6.07, 6.45) is 4.65. The van der Waals surface area contributed by atoms with Gasteiger partial charge in [0.1, 0.15) is 0 Å². The number of rotatable bonds is 1. The maximum atomic E-state index is 4.80. The third-order valence-electron chi connectivity index (χ3n) is 1.32. The molecule has 0 aliphatic heterocycles. The van der Waals surface area contributed by atoms with Crippen molar-refractivity contribution in [3.8, 4) is 11.4 Å². The molecule has 65 valence electrons. The van der Waals surface area contributed by atoms with E-state index in [1.54, 1.807) is 17.1 Å². The molecule has 2 aromatic rings. The minimum atomic E-state index is 0. The van der Waals surface area contributed by atoms with Gasteiger partial charge in [0.25, 0.3) is 0 Å². The van der Waals surface area contributed by atoms with Crippen LogP contribution in [0.3, 0.4) is 0 Å². The molecule has 0 saturated heterocycles.